The van der Waals surface area contributed by atoms with Gasteiger partial charge in [-0.25, -0.2) is 4.98 Å². The Bertz CT molecular complexity index is 1550. The molecule has 7 heteroatoms. The highest BCUT2D eigenvalue weighted by Gasteiger charge is 2.44. The van der Waals surface area contributed by atoms with Crippen molar-refractivity contribution < 1.29 is 9.90 Å². The summed E-state index contributed by atoms with van der Waals surface area (Å²) < 4.78 is 1.55. The maximum atomic E-state index is 11.5. The molecule has 2 aromatic carbocycles. The number of hydrogen-bond donors (Lipinski definition) is 1. The SMILES string of the molecule is O=C(O)CC1(CS[C@H](CCc2ccc(C3CC3)cc2)c2cccc(C=Cc3ccc4sc(Cl)c(Cl)c4n3)c2)CC1. The summed E-state index contributed by atoms with van der Waals surface area (Å²) in [6.07, 6.45) is 11.1. The van der Waals surface area contributed by atoms with Crippen molar-refractivity contribution >= 4 is 74.6 Å². The highest BCUT2D eigenvalue weighted by atomic mass is 35.5. The Labute approximate surface area is 253 Å². The second-order valence-corrected chi connectivity index (χ2v) is 14.4. The number of aliphatic carboxylic acids is 1. The summed E-state index contributed by atoms with van der Waals surface area (Å²) in [6, 6.07) is 21.9. The minimum atomic E-state index is -0.685. The number of thiophene rings is 1. The van der Waals surface area contributed by atoms with Crippen molar-refractivity contribution in [2.24, 2.45) is 5.41 Å². The Kier molecular flexibility index (Phi) is 8.28. The Morgan fingerprint density at radius 3 is 2.62 bits per heavy atom. The van der Waals surface area contributed by atoms with Gasteiger partial charge < -0.3 is 5.11 Å². The molecule has 2 aliphatic carbocycles. The summed E-state index contributed by atoms with van der Waals surface area (Å²) in [5.74, 6) is 0.975. The van der Waals surface area contributed by atoms with Crippen molar-refractivity contribution in [3.05, 3.63) is 98.0 Å². The molecule has 0 amide bonds. The summed E-state index contributed by atoms with van der Waals surface area (Å²) in [6.45, 7) is 0. The molecule has 6 rings (SSSR count). The molecule has 2 heterocycles. The van der Waals surface area contributed by atoms with Crippen LogP contribution in [0.3, 0.4) is 0 Å². The van der Waals surface area contributed by atoms with E-state index in [0.717, 1.165) is 58.8 Å². The van der Waals surface area contributed by atoms with Crippen molar-refractivity contribution in [1.82, 2.24) is 4.98 Å². The molecule has 2 aromatic heterocycles. The molecule has 0 bridgehead atoms. The van der Waals surface area contributed by atoms with Crippen LogP contribution >= 0.6 is 46.3 Å². The largest absolute Gasteiger partial charge is 0.481 e. The highest BCUT2D eigenvalue weighted by Crippen LogP contribution is 2.53. The van der Waals surface area contributed by atoms with E-state index in [0.29, 0.717) is 14.6 Å². The summed E-state index contributed by atoms with van der Waals surface area (Å²) >= 11 is 15.9. The fourth-order valence-electron chi connectivity index (χ4n) is 5.24. The van der Waals surface area contributed by atoms with Gasteiger partial charge in [-0.3, -0.25) is 4.79 Å². The van der Waals surface area contributed by atoms with Crippen molar-refractivity contribution in [2.45, 2.75) is 56.1 Å². The van der Waals surface area contributed by atoms with Gasteiger partial charge in [0.2, 0.25) is 0 Å². The van der Waals surface area contributed by atoms with E-state index in [2.05, 4.69) is 54.6 Å². The van der Waals surface area contributed by atoms with E-state index in [1.807, 2.05) is 30.0 Å². The zero-order valence-corrected chi connectivity index (χ0v) is 25.3. The van der Waals surface area contributed by atoms with Crippen molar-refractivity contribution in [2.75, 3.05) is 5.75 Å². The quantitative estimate of drug-likeness (QED) is 0.174. The van der Waals surface area contributed by atoms with Crippen LogP contribution in [0.1, 0.15) is 77.6 Å². The number of carboxylic acid groups (broad SMARTS) is 1. The van der Waals surface area contributed by atoms with Crippen LogP contribution in [-0.2, 0) is 11.2 Å². The van der Waals surface area contributed by atoms with E-state index in [-0.39, 0.29) is 11.8 Å². The number of fused-ring (bicyclic) bond motifs is 1. The first-order valence-corrected chi connectivity index (χ1v) is 16.4. The van der Waals surface area contributed by atoms with E-state index >= 15 is 0 Å². The smallest absolute Gasteiger partial charge is 0.303 e. The number of nitrogens with zero attached hydrogens (tertiary/aromatic N) is 1. The molecule has 0 saturated heterocycles. The lowest BCUT2D eigenvalue weighted by Gasteiger charge is -2.21. The van der Waals surface area contributed by atoms with Gasteiger partial charge in [0.05, 0.1) is 21.8 Å². The number of carbonyl (C=O) groups is 1. The summed E-state index contributed by atoms with van der Waals surface area (Å²) in [7, 11) is 0. The van der Waals surface area contributed by atoms with Gasteiger partial charge in [0, 0.05) is 11.0 Å². The molecule has 1 N–H and O–H groups in total. The third kappa shape index (κ3) is 6.76. The number of thioether (sulfide) groups is 1. The maximum Gasteiger partial charge on any atom is 0.303 e. The monoisotopic (exact) mass is 607 g/mol. The van der Waals surface area contributed by atoms with Crippen molar-refractivity contribution in [3.8, 4) is 0 Å². The molecule has 0 spiro atoms. The minimum Gasteiger partial charge on any atom is -0.481 e. The number of hydrogen-bond acceptors (Lipinski definition) is 4. The van der Waals surface area contributed by atoms with Crippen LogP contribution in [0.25, 0.3) is 22.4 Å². The predicted molar refractivity (Wildman–Crippen MR) is 171 cm³/mol. The molecule has 3 nitrogen and oxygen atoms in total. The molecule has 4 aromatic rings. The number of aryl methyl sites for hydroxylation is 1. The predicted octanol–water partition coefficient (Wildman–Crippen LogP) is 10.3. The van der Waals surface area contributed by atoms with E-state index in [1.54, 1.807) is 0 Å². The maximum absolute atomic E-state index is 11.5. The highest BCUT2D eigenvalue weighted by molar-refractivity contribution is 7.99. The molecule has 2 aliphatic rings. The summed E-state index contributed by atoms with van der Waals surface area (Å²) in [5.41, 5.74) is 6.77. The third-order valence-electron chi connectivity index (χ3n) is 7.99. The molecule has 2 saturated carbocycles. The van der Waals surface area contributed by atoms with Crippen LogP contribution in [0, 0.1) is 5.41 Å². The average Bonchev–Trinajstić information content (AvgIpc) is 3.89. The first-order chi connectivity index (χ1) is 19.4. The lowest BCUT2D eigenvalue weighted by molar-refractivity contribution is -0.138. The van der Waals surface area contributed by atoms with Gasteiger partial charge in [-0.1, -0.05) is 77.8 Å². The number of rotatable bonds is 12. The standard InChI is InChI=1S/C33H31Cl2NO2S2/c34-30-31-28(40-32(30)35)15-13-26(36-31)12-6-22-2-1-3-25(18-22)27(39-20-33(16-17-33)19-29(37)38)14-7-21-4-8-23(9-5-21)24-10-11-24/h1-6,8-9,12-13,15,18,24,27H,7,10-11,14,16-17,19-20H2,(H,37,38)/t27-/m1/s1. The number of carboxylic acids is 1. The Morgan fingerprint density at radius 2 is 1.90 bits per heavy atom. The van der Waals surface area contributed by atoms with Crippen molar-refractivity contribution in [1.29, 1.82) is 0 Å². The topological polar surface area (TPSA) is 50.2 Å². The normalized spacial score (nSPS) is 16.9. The molecular formula is C33H31Cl2NO2S2. The van der Waals surface area contributed by atoms with E-state index in [4.69, 9.17) is 28.2 Å². The lowest BCUT2D eigenvalue weighted by Crippen LogP contribution is -2.12. The van der Waals surface area contributed by atoms with Gasteiger partial charge in [-0.2, -0.15) is 11.8 Å². The number of pyridine rings is 1. The Hall–Kier alpha value is -2.31. The van der Waals surface area contributed by atoms with Gasteiger partial charge in [0.1, 0.15) is 9.85 Å². The Morgan fingerprint density at radius 1 is 1.10 bits per heavy atom. The first-order valence-electron chi connectivity index (χ1n) is 13.8. The van der Waals surface area contributed by atoms with Crippen molar-refractivity contribution in [3.63, 3.8) is 0 Å². The number of halogens is 2. The molecule has 0 unspecified atom stereocenters. The van der Waals surface area contributed by atoms with Crippen LogP contribution < -0.4 is 0 Å². The zero-order chi connectivity index (χ0) is 27.7. The van der Waals surface area contributed by atoms with E-state index < -0.39 is 5.97 Å². The van der Waals surface area contributed by atoms with E-state index in [9.17, 15) is 9.90 Å². The second-order valence-electron chi connectivity index (χ2n) is 11.2. The third-order valence-corrected chi connectivity index (χ3v) is 11.6. The molecule has 0 radical (unpaired) electrons. The van der Waals surface area contributed by atoms with Crippen LogP contribution in [0.2, 0.25) is 9.36 Å². The molecule has 2 fully saturated rings. The van der Waals surface area contributed by atoms with Crippen LogP contribution in [0.5, 0.6) is 0 Å². The average molecular weight is 609 g/mol. The van der Waals surface area contributed by atoms with Gasteiger partial charge in [-0.05, 0) is 90.3 Å². The minimum absolute atomic E-state index is 0.0334. The molecule has 206 valence electrons. The number of aromatic nitrogens is 1. The van der Waals surface area contributed by atoms with Crippen LogP contribution in [0.15, 0.2) is 60.7 Å². The van der Waals surface area contributed by atoms with Gasteiger partial charge in [0.25, 0.3) is 0 Å². The lowest BCUT2D eigenvalue weighted by atomic mass is 10.00. The second kappa shape index (κ2) is 11.9. The van der Waals surface area contributed by atoms with Gasteiger partial charge in [0.15, 0.2) is 0 Å². The first kappa shape index (κ1) is 27.8. The molecular weight excluding hydrogens is 577 g/mol. The Balaban J connectivity index is 1.19. The summed E-state index contributed by atoms with van der Waals surface area (Å²) in [4.78, 5) is 16.1. The van der Waals surface area contributed by atoms with Gasteiger partial charge in [-0.15, -0.1) is 11.3 Å². The molecule has 0 aliphatic heterocycles. The zero-order valence-electron chi connectivity index (χ0n) is 22.1. The molecule has 40 heavy (non-hydrogen) atoms. The fourth-order valence-corrected chi connectivity index (χ4v) is 8.22. The van der Waals surface area contributed by atoms with Gasteiger partial charge >= 0.3 is 5.97 Å². The van der Waals surface area contributed by atoms with E-state index in [1.165, 1.54) is 40.9 Å². The fraction of sp³-hybridized carbons (Fsp3) is 0.333. The number of benzene rings is 2. The summed E-state index contributed by atoms with van der Waals surface area (Å²) in [5, 5.41) is 10.2. The van der Waals surface area contributed by atoms with Crippen LogP contribution in [0.4, 0.5) is 0 Å². The van der Waals surface area contributed by atoms with Crippen LogP contribution in [-0.4, -0.2) is 21.8 Å². The molecule has 1 atom stereocenters.